The quantitative estimate of drug-likeness (QED) is 0.409. The van der Waals surface area contributed by atoms with Gasteiger partial charge in [-0.05, 0) is 20.8 Å². The van der Waals surface area contributed by atoms with Gasteiger partial charge in [0.05, 0.1) is 16.3 Å². The molecule has 0 spiro atoms. The summed E-state index contributed by atoms with van der Waals surface area (Å²) in [5.74, 6) is 0. The molecule has 11 heavy (non-hydrogen) atoms. The summed E-state index contributed by atoms with van der Waals surface area (Å²) >= 11 is 2.45. The van der Waals surface area contributed by atoms with Gasteiger partial charge in [-0.2, -0.15) is 0 Å². The summed E-state index contributed by atoms with van der Waals surface area (Å²) in [6.07, 6.45) is 0.798. The van der Waals surface area contributed by atoms with Crippen LogP contribution in [0.5, 0.6) is 0 Å². The topological polar surface area (TPSA) is 12.5 Å². The van der Waals surface area contributed by atoms with Gasteiger partial charge in [-0.15, -0.1) is 0 Å². The molecule has 0 amide bonds. The summed E-state index contributed by atoms with van der Waals surface area (Å²) in [6.45, 7) is 8.66. The molecule has 0 aliphatic carbocycles. The van der Waals surface area contributed by atoms with Crippen molar-refractivity contribution in [3.05, 3.63) is 0 Å². The van der Waals surface area contributed by atoms with Crippen molar-refractivity contribution in [2.75, 3.05) is 13.1 Å². The minimum atomic E-state index is 0.399. The van der Waals surface area contributed by atoms with Crippen LogP contribution in [0.3, 0.4) is 0 Å². The summed E-state index contributed by atoms with van der Waals surface area (Å²) in [5, 5.41) is 0. The molecule has 0 aromatic carbocycles. The number of halogens is 1. The van der Waals surface area contributed by atoms with Crippen LogP contribution in [0.25, 0.3) is 0 Å². The Balaban J connectivity index is 2.43. The van der Waals surface area contributed by atoms with E-state index in [1.165, 1.54) is 0 Å². The van der Waals surface area contributed by atoms with E-state index in [1.807, 2.05) is 0 Å². The first-order chi connectivity index (χ1) is 5.09. The second-order valence-corrected chi connectivity index (χ2v) is 5.09. The lowest BCUT2D eigenvalue weighted by Gasteiger charge is -2.36. The SMILES string of the molecule is CC(I)N1C[C@@H](C)O[C@@H](C)C1. The predicted molar refractivity (Wildman–Crippen MR) is 55.1 cm³/mol. The normalized spacial score (nSPS) is 37.1. The van der Waals surface area contributed by atoms with Crippen LogP contribution < -0.4 is 0 Å². The second kappa shape index (κ2) is 4.05. The number of hydrogen-bond acceptors (Lipinski definition) is 2. The molecule has 1 aliphatic rings. The third kappa shape index (κ3) is 2.87. The molecule has 1 unspecified atom stereocenters. The molecule has 1 aliphatic heterocycles. The fourth-order valence-electron chi connectivity index (χ4n) is 1.51. The van der Waals surface area contributed by atoms with Crippen molar-refractivity contribution in [2.24, 2.45) is 0 Å². The van der Waals surface area contributed by atoms with Gasteiger partial charge < -0.3 is 4.74 Å². The number of alkyl halides is 1. The average Bonchev–Trinajstić information content (AvgIpc) is 1.85. The van der Waals surface area contributed by atoms with Gasteiger partial charge in [0.25, 0.3) is 0 Å². The van der Waals surface area contributed by atoms with E-state index in [4.69, 9.17) is 4.74 Å². The highest BCUT2D eigenvalue weighted by Crippen LogP contribution is 2.16. The van der Waals surface area contributed by atoms with E-state index in [0.29, 0.717) is 16.3 Å². The highest BCUT2D eigenvalue weighted by molar-refractivity contribution is 14.1. The van der Waals surface area contributed by atoms with Gasteiger partial charge in [0.1, 0.15) is 0 Å². The Morgan fingerprint density at radius 2 is 1.82 bits per heavy atom. The molecule has 0 saturated carbocycles. The molecule has 66 valence electrons. The lowest BCUT2D eigenvalue weighted by atomic mass is 10.2. The number of hydrogen-bond donors (Lipinski definition) is 0. The molecule has 0 N–H and O–H groups in total. The highest BCUT2D eigenvalue weighted by atomic mass is 127. The first-order valence-electron chi connectivity index (χ1n) is 4.13. The molecule has 1 heterocycles. The van der Waals surface area contributed by atoms with Gasteiger partial charge in [-0.3, -0.25) is 4.90 Å². The van der Waals surface area contributed by atoms with Crippen molar-refractivity contribution in [1.29, 1.82) is 0 Å². The zero-order chi connectivity index (χ0) is 8.43. The van der Waals surface area contributed by atoms with Crippen LogP contribution in [0.15, 0.2) is 0 Å². The molecule has 0 radical (unpaired) electrons. The van der Waals surface area contributed by atoms with E-state index >= 15 is 0 Å². The van der Waals surface area contributed by atoms with Gasteiger partial charge in [-0.25, -0.2) is 0 Å². The molecule has 1 rings (SSSR count). The Bertz CT molecular complexity index is 119. The third-order valence-electron chi connectivity index (χ3n) is 1.95. The number of ether oxygens (including phenoxy) is 1. The Kier molecular flexibility index (Phi) is 3.58. The first kappa shape index (κ1) is 9.74. The minimum absolute atomic E-state index is 0.399. The number of morpholine rings is 1. The van der Waals surface area contributed by atoms with Crippen molar-refractivity contribution in [2.45, 2.75) is 37.0 Å². The standard InChI is InChI=1S/C8H16INO/c1-6-4-10(8(3)9)5-7(2)11-6/h6-8H,4-5H2,1-3H3/t6-,7+,8?. The van der Waals surface area contributed by atoms with Crippen LogP contribution in [0.4, 0.5) is 0 Å². The maximum atomic E-state index is 5.62. The van der Waals surface area contributed by atoms with E-state index in [9.17, 15) is 0 Å². The Hall–Kier alpha value is 0.650. The molecule has 1 fully saturated rings. The summed E-state index contributed by atoms with van der Waals surface area (Å²) < 4.78 is 6.25. The summed E-state index contributed by atoms with van der Waals surface area (Å²) in [5.41, 5.74) is 0. The second-order valence-electron chi connectivity index (χ2n) is 3.29. The van der Waals surface area contributed by atoms with Crippen LogP contribution in [-0.2, 0) is 4.74 Å². The number of nitrogens with zero attached hydrogens (tertiary/aromatic N) is 1. The summed E-state index contributed by atoms with van der Waals surface area (Å²) in [7, 11) is 0. The molecule has 1 saturated heterocycles. The van der Waals surface area contributed by atoms with Gasteiger partial charge in [0, 0.05) is 13.1 Å². The third-order valence-corrected chi connectivity index (χ3v) is 2.74. The molecule has 3 heteroatoms. The van der Waals surface area contributed by atoms with Crippen LogP contribution in [-0.4, -0.2) is 34.2 Å². The predicted octanol–water partition coefficient (Wildman–Crippen LogP) is 1.88. The van der Waals surface area contributed by atoms with Crippen LogP contribution in [0.2, 0.25) is 0 Å². The average molecular weight is 269 g/mol. The van der Waals surface area contributed by atoms with Crippen LogP contribution in [0.1, 0.15) is 20.8 Å². The molecule has 0 aromatic heterocycles. The molecule has 3 atom stereocenters. The molecular formula is C8H16INO. The fraction of sp³-hybridized carbons (Fsp3) is 1.00. The molecule has 0 aromatic rings. The summed E-state index contributed by atoms with van der Waals surface area (Å²) in [6, 6.07) is 0. The van der Waals surface area contributed by atoms with Crippen LogP contribution >= 0.6 is 22.6 Å². The lowest BCUT2D eigenvalue weighted by Crippen LogP contribution is -2.47. The monoisotopic (exact) mass is 269 g/mol. The van der Waals surface area contributed by atoms with Crippen molar-refractivity contribution in [3.63, 3.8) is 0 Å². The van der Waals surface area contributed by atoms with Crippen molar-refractivity contribution >= 4 is 22.6 Å². The smallest absolute Gasteiger partial charge is 0.0678 e. The van der Waals surface area contributed by atoms with Crippen molar-refractivity contribution < 1.29 is 4.74 Å². The Morgan fingerprint density at radius 3 is 2.18 bits per heavy atom. The largest absolute Gasteiger partial charge is 0.373 e. The van der Waals surface area contributed by atoms with Crippen LogP contribution in [0, 0.1) is 0 Å². The maximum absolute atomic E-state index is 5.62. The first-order valence-corrected chi connectivity index (χ1v) is 5.37. The molecular weight excluding hydrogens is 253 g/mol. The van der Waals surface area contributed by atoms with E-state index in [-0.39, 0.29) is 0 Å². The van der Waals surface area contributed by atoms with Gasteiger partial charge in [-0.1, -0.05) is 22.6 Å². The Labute approximate surface area is 82.4 Å². The van der Waals surface area contributed by atoms with Gasteiger partial charge in [0.2, 0.25) is 0 Å². The zero-order valence-electron chi connectivity index (χ0n) is 7.38. The minimum Gasteiger partial charge on any atom is -0.373 e. The number of rotatable bonds is 1. The van der Waals surface area contributed by atoms with E-state index in [2.05, 4.69) is 48.3 Å². The highest BCUT2D eigenvalue weighted by Gasteiger charge is 2.23. The summed E-state index contributed by atoms with van der Waals surface area (Å²) in [4.78, 5) is 2.46. The lowest BCUT2D eigenvalue weighted by molar-refractivity contribution is -0.0682. The van der Waals surface area contributed by atoms with Crippen molar-refractivity contribution in [3.8, 4) is 0 Å². The maximum Gasteiger partial charge on any atom is 0.0678 e. The molecule has 0 bridgehead atoms. The van der Waals surface area contributed by atoms with Gasteiger partial charge >= 0.3 is 0 Å². The van der Waals surface area contributed by atoms with E-state index in [1.54, 1.807) is 0 Å². The van der Waals surface area contributed by atoms with E-state index in [0.717, 1.165) is 13.1 Å². The zero-order valence-corrected chi connectivity index (χ0v) is 9.54. The fourth-order valence-corrected chi connectivity index (χ4v) is 1.96. The van der Waals surface area contributed by atoms with Crippen molar-refractivity contribution in [1.82, 2.24) is 4.90 Å². The van der Waals surface area contributed by atoms with Gasteiger partial charge in [0.15, 0.2) is 0 Å². The Morgan fingerprint density at radius 1 is 1.36 bits per heavy atom. The van der Waals surface area contributed by atoms with E-state index < -0.39 is 0 Å². The molecule has 2 nitrogen and oxygen atoms in total.